The van der Waals surface area contributed by atoms with Crippen molar-refractivity contribution in [2.45, 2.75) is 32.9 Å². The zero-order valence-corrected chi connectivity index (χ0v) is 18.6. The van der Waals surface area contributed by atoms with Gasteiger partial charge in [0.05, 0.1) is 23.7 Å². The van der Waals surface area contributed by atoms with Crippen LogP contribution in [-0.4, -0.2) is 48.1 Å². The lowest BCUT2D eigenvalue weighted by Gasteiger charge is -2.31. The number of esters is 1. The monoisotopic (exact) mass is 473 g/mol. The first-order valence-electron chi connectivity index (χ1n) is 11.1. The summed E-state index contributed by atoms with van der Waals surface area (Å²) in [6.07, 6.45) is 2.87. The minimum absolute atomic E-state index is 0.0347. The van der Waals surface area contributed by atoms with Crippen LogP contribution in [0.4, 0.5) is 8.78 Å². The fourth-order valence-electron chi connectivity index (χ4n) is 4.27. The van der Waals surface area contributed by atoms with Crippen molar-refractivity contribution in [1.82, 2.24) is 4.90 Å². The number of allylic oxidation sites excluding steroid dienone is 1. The van der Waals surface area contributed by atoms with Crippen LogP contribution in [0.1, 0.15) is 41.3 Å². The number of fused-ring (bicyclic) bond motifs is 1. The number of rotatable bonds is 7. The molecule has 1 saturated heterocycles. The Morgan fingerprint density at radius 2 is 2.09 bits per heavy atom. The van der Waals surface area contributed by atoms with Gasteiger partial charge in [-0.15, -0.1) is 0 Å². The van der Waals surface area contributed by atoms with Gasteiger partial charge in [0.1, 0.15) is 17.2 Å². The van der Waals surface area contributed by atoms with E-state index in [1.54, 1.807) is 19.1 Å². The number of para-hydroxylation sites is 1. The summed E-state index contributed by atoms with van der Waals surface area (Å²) in [5.41, 5.74) is 0.958. The Morgan fingerprint density at radius 3 is 2.85 bits per heavy atom. The number of carbonyl (C=O) groups excluding carboxylic acids is 2. The van der Waals surface area contributed by atoms with Crippen LogP contribution in [0.25, 0.3) is 6.08 Å². The second-order valence-corrected chi connectivity index (χ2v) is 8.12. The molecule has 0 aliphatic carbocycles. The molecule has 0 bridgehead atoms. The van der Waals surface area contributed by atoms with Gasteiger partial charge >= 0.3 is 12.6 Å². The first-order valence-corrected chi connectivity index (χ1v) is 11.1. The predicted molar refractivity (Wildman–Crippen MR) is 119 cm³/mol. The molecule has 1 fully saturated rings. The molecule has 7 nitrogen and oxygen atoms in total. The molecule has 0 aromatic heterocycles. The summed E-state index contributed by atoms with van der Waals surface area (Å²) >= 11 is 0. The number of likely N-dealkylation sites (tertiary alicyclic amines) is 1. The third-order valence-electron chi connectivity index (χ3n) is 5.85. The molecule has 0 saturated carbocycles. The lowest BCUT2D eigenvalue weighted by molar-refractivity contribution is -0.150. The van der Waals surface area contributed by atoms with Crippen molar-refractivity contribution in [3.63, 3.8) is 0 Å². The summed E-state index contributed by atoms with van der Waals surface area (Å²) in [7, 11) is 0. The summed E-state index contributed by atoms with van der Waals surface area (Å²) < 4.78 is 41.0. The number of piperidine rings is 1. The van der Waals surface area contributed by atoms with Gasteiger partial charge in [-0.1, -0.05) is 18.2 Å². The maximum atomic E-state index is 13.0. The Labute approximate surface area is 195 Å². The Bertz CT molecular complexity index is 1120. The molecule has 2 aromatic carbocycles. The molecule has 180 valence electrons. The molecule has 2 aliphatic rings. The highest BCUT2D eigenvalue weighted by Gasteiger charge is 2.33. The van der Waals surface area contributed by atoms with Gasteiger partial charge in [-0.2, -0.15) is 8.78 Å². The Kier molecular flexibility index (Phi) is 7.12. The van der Waals surface area contributed by atoms with E-state index in [0.717, 1.165) is 12.8 Å². The quantitative estimate of drug-likeness (QED) is 0.472. The van der Waals surface area contributed by atoms with Crippen molar-refractivity contribution >= 4 is 17.8 Å². The summed E-state index contributed by atoms with van der Waals surface area (Å²) in [6, 6.07) is 8.98. The number of hydrogen-bond acceptors (Lipinski definition) is 7. The van der Waals surface area contributed by atoms with Crippen LogP contribution in [0, 0.1) is 5.92 Å². The van der Waals surface area contributed by atoms with Gasteiger partial charge in [0.2, 0.25) is 5.78 Å². The largest absolute Gasteiger partial charge is 0.507 e. The standard InChI is InChI=1S/C25H25F2NO6/c1-2-32-24(31)16-7-5-11-28(13-16)14-18-19(29)10-9-17-22(30)21(33-23(17)18)12-15-6-3-4-8-20(15)34-25(26)27/h3-4,6,8-10,12,16,25,29H,2,5,7,11,13-14H2,1H3/b21-12-. The van der Waals surface area contributed by atoms with Crippen molar-refractivity contribution in [3.8, 4) is 17.2 Å². The summed E-state index contributed by atoms with van der Waals surface area (Å²) in [5, 5.41) is 10.5. The smallest absolute Gasteiger partial charge is 0.387 e. The van der Waals surface area contributed by atoms with E-state index in [1.807, 2.05) is 4.90 Å². The molecular weight excluding hydrogens is 448 g/mol. The summed E-state index contributed by atoms with van der Waals surface area (Å²) in [4.78, 5) is 27.2. The first-order chi connectivity index (χ1) is 16.4. The van der Waals surface area contributed by atoms with Gasteiger partial charge in [0.25, 0.3) is 0 Å². The molecule has 2 aliphatic heterocycles. The number of halogens is 2. The van der Waals surface area contributed by atoms with Crippen molar-refractivity contribution in [3.05, 3.63) is 58.8 Å². The van der Waals surface area contributed by atoms with Crippen molar-refractivity contribution in [2.75, 3.05) is 19.7 Å². The number of phenolic OH excluding ortho intramolecular Hbond substituents is 1. The van der Waals surface area contributed by atoms with Crippen molar-refractivity contribution in [1.29, 1.82) is 0 Å². The van der Waals surface area contributed by atoms with Gasteiger partial charge in [0.15, 0.2) is 5.76 Å². The van der Waals surface area contributed by atoms with E-state index >= 15 is 0 Å². The molecule has 0 radical (unpaired) electrons. The highest BCUT2D eigenvalue weighted by Crippen LogP contribution is 2.41. The van der Waals surface area contributed by atoms with Crippen LogP contribution in [0.2, 0.25) is 0 Å². The molecule has 2 aromatic rings. The fraction of sp³-hybridized carbons (Fsp3) is 0.360. The van der Waals surface area contributed by atoms with E-state index in [0.29, 0.717) is 25.3 Å². The number of alkyl halides is 2. The fourth-order valence-corrected chi connectivity index (χ4v) is 4.27. The molecule has 1 atom stereocenters. The zero-order chi connectivity index (χ0) is 24.2. The van der Waals surface area contributed by atoms with Crippen LogP contribution in [0.15, 0.2) is 42.2 Å². The third kappa shape index (κ3) is 5.04. The predicted octanol–water partition coefficient (Wildman–Crippen LogP) is 4.38. The van der Waals surface area contributed by atoms with Gasteiger partial charge in [-0.05, 0) is 50.6 Å². The molecular formula is C25H25F2NO6. The number of phenols is 1. The molecule has 1 N–H and O–H groups in total. The Balaban J connectivity index is 1.58. The highest BCUT2D eigenvalue weighted by atomic mass is 19.3. The SMILES string of the molecule is CCOC(=O)C1CCCN(Cc2c(O)ccc3c2O/C(=C\c2ccccc2OC(F)F)C3=O)C1. The number of aromatic hydroxyl groups is 1. The minimum Gasteiger partial charge on any atom is -0.507 e. The van der Waals surface area contributed by atoms with Crippen molar-refractivity contribution < 1.29 is 37.7 Å². The van der Waals surface area contributed by atoms with E-state index in [2.05, 4.69) is 4.74 Å². The number of nitrogens with zero attached hydrogens (tertiary/aromatic N) is 1. The number of benzene rings is 2. The van der Waals surface area contributed by atoms with E-state index < -0.39 is 12.4 Å². The molecule has 34 heavy (non-hydrogen) atoms. The lowest BCUT2D eigenvalue weighted by Crippen LogP contribution is -2.39. The maximum Gasteiger partial charge on any atom is 0.387 e. The topological polar surface area (TPSA) is 85.3 Å². The third-order valence-corrected chi connectivity index (χ3v) is 5.85. The molecule has 0 amide bonds. The van der Waals surface area contributed by atoms with E-state index in [4.69, 9.17) is 9.47 Å². The lowest BCUT2D eigenvalue weighted by atomic mass is 9.97. The Morgan fingerprint density at radius 1 is 1.29 bits per heavy atom. The Hall–Kier alpha value is -3.46. The van der Waals surface area contributed by atoms with E-state index in [-0.39, 0.29) is 52.6 Å². The second kappa shape index (κ2) is 10.2. The summed E-state index contributed by atoms with van der Waals surface area (Å²) in [5.74, 6) is -0.873. The number of carbonyl (C=O) groups is 2. The van der Waals surface area contributed by atoms with Crippen molar-refractivity contribution in [2.24, 2.45) is 5.92 Å². The van der Waals surface area contributed by atoms with Gasteiger partial charge in [0, 0.05) is 18.7 Å². The highest BCUT2D eigenvalue weighted by molar-refractivity contribution is 6.15. The van der Waals surface area contributed by atoms with Crippen LogP contribution in [0.3, 0.4) is 0 Å². The number of Topliss-reactive ketones (excluding diaryl/α,β-unsaturated/α-hetero) is 1. The average Bonchev–Trinajstić information content (AvgIpc) is 3.12. The zero-order valence-electron chi connectivity index (χ0n) is 18.6. The van der Waals surface area contributed by atoms with Gasteiger partial charge in [-0.25, -0.2) is 0 Å². The van der Waals surface area contributed by atoms with Crippen LogP contribution < -0.4 is 9.47 Å². The second-order valence-electron chi connectivity index (χ2n) is 8.12. The van der Waals surface area contributed by atoms with Gasteiger partial charge in [-0.3, -0.25) is 14.5 Å². The number of ketones is 1. The molecule has 0 spiro atoms. The molecule has 1 unspecified atom stereocenters. The minimum atomic E-state index is -3.01. The number of ether oxygens (including phenoxy) is 3. The van der Waals surface area contributed by atoms with Crippen LogP contribution >= 0.6 is 0 Å². The van der Waals surface area contributed by atoms with Crippen LogP contribution in [-0.2, 0) is 16.1 Å². The van der Waals surface area contributed by atoms with Crippen LogP contribution in [0.5, 0.6) is 17.2 Å². The average molecular weight is 473 g/mol. The first kappa shape index (κ1) is 23.7. The normalized spacial score (nSPS) is 19.2. The van der Waals surface area contributed by atoms with E-state index in [1.165, 1.54) is 30.3 Å². The molecule has 9 heteroatoms. The number of hydrogen-bond donors (Lipinski definition) is 1. The van der Waals surface area contributed by atoms with E-state index in [9.17, 15) is 23.5 Å². The summed E-state index contributed by atoms with van der Waals surface area (Å²) in [6.45, 7) is 0.533. The maximum absolute atomic E-state index is 13.0. The molecule has 4 rings (SSSR count). The van der Waals surface area contributed by atoms with Gasteiger partial charge < -0.3 is 19.3 Å². The molecule has 2 heterocycles.